The number of ether oxygens (including phenoxy) is 2. The van der Waals surface area contributed by atoms with Crippen LogP contribution in [0.3, 0.4) is 0 Å². The Bertz CT molecular complexity index is 651. The molecule has 1 unspecified atom stereocenters. The number of nitrogens with zero attached hydrogens (tertiary/aromatic N) is 2. The van der Waals surface area contributed by atoms with Gasteiger partial charge in [0.05, 0.1) is 32.4 Å². The van der Waals surface area contributed by atoms with Gasteiger partial charge in [-0.1, -0.05) is 37.5 Å². The smallest absolute Gasteiger partial charge is 0.189 e. The molecule has 1 aromatic carbocycles. The third kappa shape index (κ3) is 4.22. The van der Waals surface area contributed by atoms with Gasteiger partial charge in [-0.2, -0.15) is 0 Å². The number of hydrogen-bond acceptors (Lipinski definition) is 4. The van der Waals surface area contributed by atoms with Crippen LogP contribution in [0.2, 0.25) is 0 Å². The minimum atomic E-state index is 0.155. The van der Waals surface area contributed by atoms with Crippen LogP contribution in [0.1, 0.15) is 50.1 Å². The number of benzene rings is 1. The Kier molecular flexibility index (Phi) is 5.83. The predicted octanol–water partition coefficient (Wildman–Crippen LogP) is 2.45. The van der Waals surface area contributed by atoms with Gasteiger partial charge in [-0.15, -0.1) is 0 Å². The highest BCUT2D eigenvalue weighted by Crippen LogP contribution is 2.35. The second kappa shape index (κ2) is 8.48. The van der Waals surface area contributed by atoms with E-state index in [9.17, 15) is 0 Å². The standard InChI is InChI=1S/C21H32N4O2/c22-20(24-18-8-13-27-19-7-3-2-6-17(18)19)23-16-21(9-4-1-5-10-21)25-11-14-26-15-12-25/h2-3,6-7,18H,1,4-5,8-16H2,(H3,22,23,24). The van der Waals surface area contributed by atoms with Crippen LogP contribution in [0.25, 0.3) is 0 Å². The molecule has 0 radical (unpaired) electrons. The predicted molar refractivity (Wildman–Crippen MR) is 107 cm³/mol. The van der Waals surface area contributed by atoms with Crippen LogP contribution in [-0.2, 0) is 4.74 Å². The first kappa shape index (κ1) is 18.6. The van der Waals surface area contributed by atoms with E-state index in [0.29, 0.717) is 12.6 Å². The number of aliphatic imine (C=N–C) groups is 1. The Morgan fingerprint density at radius 2 is 1.93 bits per heavy atom. The van der Waals surface area contributed by atoms with E-state index in [2.05, 4.69) is 16.3 Å². The van der Waals surface area contributed by atoms with Crippen LogP contribution >= 0.6 is 0 Å². The van der Waals surface area contributed by atoms with Crippen molar-refractivity contribution >= 4 is 5.96 Å². The maximum absolute atomic E-state index is 6.32. The molecule has 1 aromatic rings. The first-order valence-electron chi connectivity index (χ1n) is 10.4. The van der Waals surface area contributed by atoms with Gasteiger partial charge in [0.2, 0.25) is 0 Å². The van der Waals surface area contributed by atoms with Crippen molar-refractivity contribution < 1.29 is 9.47 Å². The Labute approximate surface area is 162 Å². The number of guanidine groups is 1. The lowest BCUT2D eigenvalue weighted by molar-refractivity contribution is -0.0333. The largest absolute Gasteiger partial charge is 0.493 e. The third-order valence-corrected chi connectivity index (χ3v) is 6.29. The molecule has 6 heteroatoms. The Morgan fingerprint density at radius 1 is 1.15 bits per heavy atom. The molecule has 2 fully saturated rings. The highest BCUT2D eigenvalue weighted by molar-refractivity contribution is 5.78. The minimum Gasteiger partial charge on any atom is -0.493 e. The summed E-state index contributed by atoms with van der Waals surface area (Å²) in [7, 11) is 0. The average molecular weight is 373 g/mol. The van der Waals surface area contributed by atoms with Gasteiger partial charge in [0.15, 0.2) is 5.96 Å². The molecule has 3 aliphatic rings. The number of hydrogen-bond donors (Lipinski definition) is 2. The van der Waals surface area contributed by atoms with Crippen molar-refractivity contribution in [3.63, 3.8) is 0 Å². The number of morpholine rings is 1. The normalized spacial score (nSPS) is 26.1. The summed E-state index contributed by atoms with van der Waals surface area (Å²) in [5, 5.41) is 3.44. The van der Waals surface area contributed by atoms with Crippen LogP contribution < -0.4 is 15.8 Å². The van der Waals surface area contributed by atoms with E-state index in [1.165, 1.54) is 37.7 Å². The molecule has 1 saturated carbocycles. The van der Waals surface area contributed by atoms with E-state index in [-0.39, 0.29) is 11.6 Å². The lowest BCUT2D eigenvalue weighted by Gasteiger charge is -2.47. The summed E-state index contributed by atoms with van der Waals surface area (Å²) in [4.78, 5) is 7.43. The average Bonchev–Trinajstić information content (AvgIpc) is 2.74. The van der Waals surface area contributed by atoms with E-state index >= 15 is 0 Å². The Morgan fingerprint density at radius 3 is 2.74 bits per heavy atom. The van der Waals surface area contributed by atoms with Crippen molar-refractivity contribution in [2.45, 2.75) is 50.1 Å². The second-order valence-corrected chi connectivity index (χ2v) is 7.96. The molecule has 27 heavy (non-hydrogen) atoms. The number of para-hydroxylation sites is 1. The molecule has 3 N–H and O–H groups in total. The number of fused-ring (bicyclic) bond motifs is 1. The van der Waals surface area contributed by atoms with Crippen molar-refractivity contribution in [3.05, 3.63) is 29.8 Å². The number of nitrogens with one attached hydrogen (secondary N) is 1. The molecule has 0 amide bonds. The van der Waals surface area contributed by atoms with Gasteiger partial charge >= 0.3 is 0 Å². The Hall–Kier alpha value is -1.79. The zero-order chi connectivity index (χ0) is 18.5. The molecule has 1 aliphatic carbocycles. The summed E-state index contributed by atoms with van der Waals surface area (Å²) >= 11 is 0. The van der Waals surface area contributed by atoms with Crippen molar-refractivity contribution in [1.82, 2.24) is 10.2 Å². The fourth-order valence-electron chi connectivity index (χ4n) is 4.77. The van der Waals surface area contributed by atoms with Gasteiger partial charge in [0.25, 0.3) is 0 Å². The van der Waals surface area contributed by atoms with E-state index < -0.39 is 0 Å². The van der Waals surface area contributed by atoms with Gasteiger partial charge in [0, 0.05) is 30.6 Å². The van der Waals surface area contributed by atoms with Crippen molar-refractivity contribution in [2.75, 3.05) is 39.5 Å². The molecular weight excluding hydrogens is 340 g/mol. The van der Waals surface area contributed by atoms with Gasteiger partial charge < -0.3 is 20.5 Å². The lowest BCUT2D eigenvalue weighted by atomic mass is 9.80. The van der Waals surface area contributed by atoms with E-state index in [4.69, 9.17) is 20.2 Å². The quantitative estimate of drug-likeness (QED) is 0.627. The molecule has 1 saturated heterocycles. The van der Waals surface area contributed by atoms with Gasteiger partial charge in [0.1, 0.15) is 5.75 Å². The monoisotopic (exact) mass is 372 g/mol. The second-order valence-electron chi connectivity index (χ2n) is 7.96. The van der Waals surface area contributed by atoms with Crippen molar-refractivity contribution in [1.29, 1.82) is 0 Å². The fourth-order valence-corrected chi connectivity index (χ4v) is 4.77. The summed E-state index contributed by atoms with van der Waals surface area (Å²) < 4.78 is 11.3. The number of rotatable bonds is 4. The zero-order valence-electron chi connectivity index (χ0n) is 16.2. The molecule has 2 aliphatic heterocycles. The lowest BCUT2D eigenvalue weighted by Crippen LogP contribution is -2.56. The molecule has 0 bridgehead atoms. The summed E-state index contributed by atoms with van der Waals surface area (Å²) in [5.74, 6) is 1.50. The van der Waals surface area contributed by atoms with Crippen LogP contribution in [0.5, 0.6) is 5.75 Å². The molecular formula is C21H32N4O2. The van der Waals surface area contributed by atoms with Crippen LogP contribution in [-0.4, -0.2) is 55.9 Å². The maximum atomic E-state index is 6.32. The van der Waals surface area contributed by atoms with Gasteiger partial charge in [-0.25, -0.2) is 0 Å². The molecule has 0 spiro atoms. The highest BCUT2D eigenvalue weighted by Gasteiger charge is 2.38. The van der Waals surface area contributed by atoms with Crippen LogP contribution in [0.4, 0.5) is 0 Å². The van der Waals surface area contributed by atoms with Crippen molar-refractivity contribution in [2.24, 2.45) is 10.7 Å². The third-order valence-electron chi connectivity index (χ3n) is 6.29. The fraction of sp³-hybridized carbons (Fsp3) is 0.667. The van der Waals surface area contributed by atoms with E-state index in [1.807, 2.05) is 18.2 Å². The first-order valence-corrected chi connectivity index (χ1v) is 10.4. The van der Waals surface area contributed by atoms with Crippen LogP contribution in [0.15, 0.2) is 29.3 Å². The molecule has 2 heterocycles. The van der Waals surface area contributed by atoms with Crippen molar-refractivity contribution in [3.8, 4) is 5.75 Å². The summed E-state index contributed by atoms with van der Waals surface area (Å²) in [6.45, 7) is 5.17. The van der Waals surface area contributed by atoms with E-state index in [0.717, 1.165) is 45.0 Å². The first-order chi connectivity index (χ1) is 13.3. The summed E-state index contributed by atoms with van der Waals surface area (Å²) in [5.41, 5.74) is 7.65. The topological polar surface area (TPSA) is 72.1 Å². The summed E-state index contributed by atoms with van der Waals surface area (Å²) in [6.07, 6.45) is 7.24. The SMILES string of the molecule is NC(=NCC1(N2CCOCC2)CCCCC1)NC1CCOc2ccccc21. The molecule has 1 atom stereocenters. The van der Waals surface area contributed by atoms with Gasteiger partial charge in [-0.3, -0.25) is 9.89 Å². The minimum absolute atomic E-state index is 0.155. The van der Waals surface area contributed by atoms with Crippen LogP contribution in [0, 0.1) is 0 Å². The molecule has 6 nitrogen and oxygen atoms in total. The zero-order valence-corrected chi connectivity index (χ0v) is 16.2. The molecule has 148 valence electrons. The maximum Gasteiger partial charge on any atom is 0.189 e. The van der Waals surface area contributed by atoms with Gasteiger partial charge in [-0.05, 0) is 18.9 Å². The molecule has 4 rings (SSSR count). The highest BCUT2D eigenvalue weighted by atomic mass is 16.5. The summed E-state index contributed by atoms with van der Waals surface area (Å²) in [6, 6.07) is 8.35. The Balaban J connectivity index is 1.44. The molecule has 0 aromatic heterocycles. The number of nitrogens with two attached hydrogens (primary N) is 1. The van der Waals surface area contributed by atoms with E-state index in [1.54, 1.807) is 0 Å².